The summed E-state index contributed by atoms with van der Waals surface area (Å²) in [5.74, 6) is -0.440. The van der Waals surface area contributed by atoms with E-state index in [9.17, 15) is 22.9 Å². The lowest BCUT2D eigenvalue weighted by Crippen LogP contribution is -2.39. The molecule has 1 saturated heterocycles. The van der Waals surface area contributed by atoms with E-state index in [4.69, 9.17) is 23.2 Å². The van der Waals surface area contributed by atoms with E-state index in [1.807, 2.05) is 6.07 Å². The molecule has 1 aliphatic rings. The van der Waals surface area contributed by atoms with Crippen molar-refractivity contribution < 1.29 is 17.6 Å². The summed E-state index contributed by atoms with van der Waals surface area (Å²) in [6.07, 6.45) is -0.479. The number of hydrogen-bond acceptors (Lipinski definition) is 6. The SMILES string of the molecule is CC(C)NS(=O)(=O)c1ccc(-c2sc(C#N)nc2C(=O)N2CCC(F)CC2)c(Cl)c1Cl. The number of likely N-dealkylation sites (tertiary alicyclic amines) is 1. The number of carbonyl (C=O) groups is 1. The zero-order chi connectivity index (χ0) is 22.9. The molecule has 1 aromatic carbocycles. The van der Waals surface area contributed by atoms with Crippen molar-refractivity contribution in [3.05, 3.63) is 32.9 Å². The van der Waals surface area contributed by atoms with E-state index >= 15 is 0 Å². The van der Waals surface area contributed by atoms with Crippen molar-refractivity contribution in [1.82, 2.24) is 14.6 Å². The van der Waals surface area contributed by atoms with Gasteiger partial charge in [0, 0.05) is 24.7 Å². The quantitative estimate of drug-likeness (QED) is 0.655. The van der Waals surface area contributed by atoms with Gasteiger partial charge >= 0.3 is 0 Å². The number of alkyl halides is 1. The molecule has 2 heterocycles. The van der Waals surface area contributed by atoms with Crippen LogP contribution in [0, 0.1) is 11.3 Å². The number of rotatable bonds is 5. The van der Waals surface area contributed by atoms with Gasteiger partial charge in [0.25, 0.3) is 5.91 Å². The highest BCUT2D eigenvalue weighted by Gasteiger charge is 2.30. The number of aromatic nitrogens is 1. The van der Waals surface area contributed by atoms with E-state index in [1.165, 1.54) is 17.0 Å². The normalized spacial score (nSPS) is 15.3. The van der Waals surface area contributed by atoms with Gasteiger partial charge in [-0.15, -0.1) is 11.3 Å². The maximum Gasteiger partial charge on any atom is 0.274 e. The molecule has 0 aliphatic carbocycles. The number of hydrogen-bond donors (Lipinski definition) is 1. The van der Waals surface area contributed by atoms with Crippen molar-refractivity contribution in [1.29, 1.82) is 5.26 Å². The Morgan fingerprint density at radius 1 is 1.32 bits per heavy atom. The summed E-state index contributed by atoms with van der Waals surface area (Å²) >= 11 is 13.6. The molecule has 12 heteroatoms. The van der Waals surface area contributed by atoms with Gasteiger partial charge in [-0.3, -0.25) is 4.79 Å². The first-order valence-corrected chi connectivity index (χ1v) is 12.5. The molecular formula is C19H19Cl2FN4O3S2. The van der Waals surface area contributed by atoms with Crippen LogP contribution in [0.5, 0.6) is 0 Å². The van der Waals surface area contributed by atoms with Gasteiger partial charge in [0.15, 0.2) is 5.01 Å². The smallest absolute Gasteiger partial charge is 0.274 e. The Balaban J connectivity index is 2.05. The highest BCUT2D eigenvalue weighted by atomic mass is 35.5. The summed E-state index contributed by atoms with van der Waals surface area (Å²) in [4.78, 5) is 18.7. The molecular weight excluding hydrogens is 486 g/mol. The van der Waals surface area contributed by atoms with E-state index in [-0.39, 0.29) is 63.2 Å². The van der Waals surface area contributed by atoms with Crippen LogP contribution in [0.1, 0.15) is 42.2 Å². The van der Waals surface area contributed by atoms with E-state index in [0.29, 0.717) is 4.88 Å². The van der Waals surface area contributed by atoms with Crippen LogP contribution >= 0.6 is 34.5 Å². The van der Waals surface area contributed by atoms with Crippen LogP contribution in [0.4, 0.5) is 4.39 Å². The van der Waals surface area contributed by atoms with Crippen LogP contribution in [0.2, 0.25) is 10.0 Å². The minimum Gasteiger partial charge on any atom is -0.337 e. The Morgan fingerprint density at radius 2 is 1.97 bits per heavy atom. The Labute approximate surface area is 193 Å². The van der Waals surface area contributed by atoms with Crippen LogP contribution in [0.3, 0.4) is 0 Å². The average Bonchev–Trinajstić information content (AvgIpc) is 3.13. The molecule has 7 nitrogen and oxygen atoms in total. The van der Waals surface area contributed by atoms with Gasteiger partial charge < -0.3 is 4.90 Å². The number of nitriles is 1. The van der Waals surface area contributed by atoms with Gasteiger partial charge in [-0.25, -0.2) is 22.5 Å². The third kappa shape index (κ3) is 5.02. The summed E-state index contributed by atoms with van der Waals surface area (Å²) in [6, 6.07) is 4.29. The minimum absolute atomic E-state index is 0.00716. The molecule has 0 radical (unpaired) electrons. The first kappa shape index (κ1) is 23.9. The number of thiazole rings is 1. The Morgan fingerprint density at radius 3 is 2.55 bits per heavy atom. The molecule has 3 rings (SSSR count). The standard InChI is InChI=1S/C19H19Cl2FN4O3S2/c1-10(2)25-31(28,29)13-4-3-12(15(20)16(13)21)18-17(24-14(9-23)30-18)19(27)26-7-5-11(22)6-8-26/h3-4,10-11,25H,5-8H2,1-2H3. The summed E-state index contributed by atoms with van der Waals surface area (Å²) in [6.45, 7) is 3.83. The lowest BCUT2D eigenvalue weighted by Gasteiger charge is -2.28. The fraction of sp³-hybridized carbons (Fsp3) is 0.421. The number of sulfonamides is 1. The molecule has 166 valence electrons. The fourth-order valence-corrected chi connectivity index (χ4v) is 6.24. The molecule has 0 atom stereocenters. The molecule has 0 spiro atoms. The number of carbonyl (C=O) groups excluding carboxylic acids is 1. The van der Waals surface area contributed by atoms with Gasteiger partial charge in [-0.05, 0) is 32.8 Å². The fourth-order valence-electron chi connectivity index (χ4n) is 3.18. The van der Waals surface area contributed by atoms with E-state index in [1.54, 1.807) is 13.8 Å². The predicted molar refractivity (Wildman–Crippen MR) is 118 cm³/mol. The van der Waals surface area contributed by atoms with Crippen molar-refractivity contribution in [3.63, 3.8) is 0 Å². The molecule has 1 fully saturated rings. The zero-order valence-electron chi connectivity index (χ0n) is 16.7. The van der Waals surface area contributed by atoms with Crippen molar-refractivity contribution >= 4 is 50.5 Å². The monoisotopic (exact) mass is 504 g/mol. The first-order chi connectivity index (χ1) is 14.5. The Bertz CT molecular complexity index is 1150. The molecule has 0 bridgehead atoms. The Kier molecular flexibility index (Phi) is 7.23. The number of halogens is 3. The predicted octanol–water partition coefficient (Wildman–Crippen LogP) is 4.25. The molecule has 1 N–H and O–H groups in total. The maximum absolute atomic E-state index is 13.5. The molecule has 0 unspecified atom stereocenters. The number of amides is 1. The van der Waals surface area contributed by atoms with Crippen molar-refractivity contribution in [3.8, 4) is 16.5 Å². The highest BCUT2D eigenvalue weighted by Crippen LogP contribution is 2.41. The average molecular weight is 505 g/mol. The van der Waals surface area contributed by atoms with Gasteiger partial charge in [0.1, 0.15) is 22.8 Å². The van der Waals surface area contributed by atoms with Crippen molar-refractivity contribution in [2.24, 2.45) is 0 Å². The minimum atomic E-state index is -3.90. The number of nitrogens with zero attached hydrogens (tertiary/aromatic N) is 3. The summed E-state index contributed by atoms with van der Waals surface area (Å²) in [5.41, 5.74) is 0.297. The number of benzene rings is 1. The lowest BCUT2D eigenvalue weighted by atomic mass is 10.1. The van der Waals surface area contributed by atoms with Crippen LogP contribution in [0.15, 0.2) is 17.0 Å². The number of piperidine rings is 1. The second-order valence-electron chi connectivity index (χ2n) is 7.29. The summed E-state index contributed by atoms with van der Waals surface area (Å²) in [7, 11) is -3.90. The first-order valence-electron chi connectivity index (χ1n) is 9.40. The van der Waals surface area contributed by atoms with Gasteiger partial charge in [-0.1, -0.05) is 29.3 Å². The second kappa shape index (κ2) is 9.38. The lowest BCUT2D eigenvalue weighted by molar-refractivity contribution is 0.0662. The van der Waals surface area contributed by atoms with Crippen LogP contribution in [0.25, 0.3) is 10.4 Å². The summed E-state index contributed by atoms with van der Waals surface area (Å²) < 4.78 is 40.9. The van der Waals surface area contributed by atoms with Crippen molar-refractivity contribution in [2.75, 3.05) is 13.1 Å². The van der Waals surface area contributed by atoms with E-state index in [2.05, 4.69) is 9.71 Å². The molecule has 1 aliphatic heterocycles. The molecule has 31 heavy (non-hydrogen) atoms. The van der Waals surface area contributed by atoms with Gasteiger partial charge in [0.05, 0.1) is 14.9 Å². The second-order valence-corrected chi connectivity index (χ2v) is 10.7. The summed E-state index contributed by atoms with van der Waals surface area (Å²) in [5, 5.41) is 9.06. The molecule has 1 aromatic heterocycles. The van der Waals surface area contributed by atoms with Crippen LogP contribution in [-0.4, -0.2) is 49.5 Å². The molecule has 1 amide bonds. The van der Waals surface area contributed by atoms with Gasteiger partial charge in [0.2, 0.25) is 10.0 Å². The zero-order valence-corrected chi connectivity index (χ0v) is 19.8. The van der Waals surface area contributed by atoms with Crippen LogP contribution < -0.4 is 4.72 Å². The third-order valence-corrected chi connectivity index (χ3v) is 8.30. The van der Waals surface area contributed by atoms with Crippen LogP contribution in [-0.2, 0) is 10.0 Å². The van der Waals surface area contributed by atoms with E-state index in [0.717, 1.165) is 11.3 Å². The topological polar surface area (TPSA) is 103 Å². The van der Waals surface area contributed by atoms with Crippen molar-refractivity contribution in [2.45, 2.75) is 43.8 Å². The van der Waals surface area contributed by atoms with E-state index < -0.39 is 22.1 Å². The largest absolute Gasteiger partial charge is 0.337 e. The maximum atomic E-state index is 13.5. The molecule has 2 aromatic rings. The number of nitrogens with one attached hydrogen (secondary N) is 1. The molecule has 0 saturated carbocycles. The van der Waals surface area contributed by atoms with Gasteiger partial charge in [-0.2, -0.15) is 5.26 Å². The highest BCUT2D eigenvalue weighted by molar-refractivity contribution is 7.89. The third-order valence-electron chi connectivity index (χ3n) is 4.61. The Hall–Kier alpha value is -1.77.